The molecule has 0 radical (unpaired) electrons. The van der Waals surface area contributed by atoms with Crippen molar-refractivity contribution >= 4 is 41.9 Å². The fourth-order valence-corrected chi connectivity index (χ4v) is 5.44. The third-order valence-electron chi connectivity index (χ3n) is 7.31. The van der Waals surface area contributed by atoms with Gasteiger partial charge >= 0.3 is 30.1 Å². The van der Waals surface area contributed by atoms with E-state index in [1.54, 1.807) is 20.8 Å². The molecule has 0 aliphatic heterocycles. The molecule has 0 aromatic heterocycles. The number of methoxy groups -OCH3 is 2. The summed E-state index contributed by atoms with van der Waals surface area (Å²) >= 11 is 5.42. The number of halogens is 1. The highest BCUT2D eigenvalue weighted by molar-refractivity contribution is 6.13. The minimum Gasteiger partial charge on any atom is -0.481 e. The first-order chi connectivity index (χ1) is 20.4. The summed E-state index contributed by atoms with van der Waals surface area (Å²) in [7, 11) is 2.81. The predicted molar refractivity (Wildman–Crippen MR) is 163 cm³/mol. The largest absolute Gasteiger partial charge is 0.481 e. The zero-order valence-electron chi connectivity index (χ0n) is 27.3. The van der Waals surface area contributed by atoms with Crippen LogP contribution < -0.4 is 15.5 Å². The zero-order valence-corrected chi connectivity index (χ0v) is 28.1. The smallest absolute Gasteiger partial charge is 0.407 e. The molecule has 3 aliphatic rings. The number of nitrogens with one attached hydrogen (secondary N) is 3. The van der Waals surface area contributed by atoms with Crippen LogP contribution in [0, 0.1) is 17.8 Å². The Morgan fingerprint density at radius 3 is 1.25 bits per heavy atom. The Kier molecular flexibility index (Phi) is 16.3. The van der Waals surface area contributed by atoms with Gasteiger partial charge in [-0.15, -0.1) is 0 Å². The van der Waals surface area contributed by atoms with Crippen LogP contribution in [0.25, 0.3) is 0 Å². The molecule has 3 saturated carbocycles. The molecule has 13 nitrogen and oxygen atoms in total. The van der Waals surface area contributed by atoms with Gasteiger partial charge in [0.15, 0.2) is 0 Å². The van der Waals surface area contributed by atoms with Crippen molar-refractivity contribution in [1.82, 2.24) is 15.5 Å². The van der Waals surface area contributed by atoms with E-state index >= 15 is 0 Å². The van der Waals surface area contributed by atoms with E-state index in [2.05, 4.69) is 24.9 Å². The highest BCUT2D eigenvalue weighted by Gasteiger charge is 2.33. The van der Waals surface area contributed by atoms with Gasteiger partial charge in [-0.25, -0.2) is 14.4 Å². The molecule has 2 amide bonds. The maximum Gasteiger partial charge on any atom is 0.407 e. The molecule has 44 heavy (non-hydrogen) atoms. The van der Waals surface area contributed by atoms with Crippen molar-refractivity contribution in [2.24, 2.45) is 17.8 Å². The van der Waals surface area contributed by atoms with E-state index in [9.17, 15) is 24.0 Å². The monoisotopic (exact) mass is 649 g/mol. The lowest BCUT2D eigenvalue weighted by atomic mass is 10.1. The number of carbonyl (C=O) groups excluding carboxylic acids is 4. The number of carboxylic acids is 1. The number of hydrogen-bond acceptors (Lipinski definition) is 10. The molecule has 0 spiro atoms. The van der Waals surface area contributed by atoms with Crippen LogP contribution in [-0.2, 0) is 33.3 Å². The van der Waals surface area contributed by atoms with Gasteiger partial charge in [0.25, 0.3) is 0 Å². The molecule has 0 bridgehead atoms. The first-order valence-corrected chi connectivity index (χ1v) is 15.5. The van der Waals surface area contributed by atoms with Crippen LogP contribution in [0.15, 0.2) is 0 Å². The van der Waals surface area contributed by atoms with Crippen LogP contribution in [0.4, 0.5) is 9.59 Å². The second-order valence-corrected chi connectivity index (χ2v) is 13.6. The van der Waals surface area contributed by atoms with Crippen LogP contribution in [-0.4, -0.2) is 78.7 Å². The number of ether oxygens (including phenoxy) is 4. The number of aliphatic carboxylic acids is 1. The van der Waals surface area contributed by atoms with Crippen LogP contribution >= 0.6 is 11.8 Å². The number of esters is 2. The van der Waals surface area contributed by atoms with Gasteiger partial charge in [-0.1, -0.05) is 0 Å². The number of alkyl carbamates (subject to hydrolysis) is 2. The van der Waals surface area contributed by atoms with E-state index in [0.29, 0.717) is 25.7 Å². The molecule has 3 aliphatic carbocycles. The summed E-state index contributed by atoms with van der Waals surface area (Å²) in [6.45, 7) is 10.8. The first kappa shape index (κ1) is 39.2. The molecule has 3 fully saturated rings. The Morgan fingerprint density at radius 1 is 0.614 bits per heavy atom. The van der Waals surface area contributed by atoms with E-state index in [1.807, 2.05) is 20.8 Å². The Labute approximate surface area is 265 Å². The summed E-state index contributed by atoms with van der Waals surface area (Å²) in [5, 5.41) is 14.3. The lowest BCUT2D eigenvalue weighted by molar-refractivity contribution is -0.146. The lowest BCUT2D eigenvalue weighted by Crippen LogP contribution is -2.38. The van der Waals surface area contributed by atoms with Gasteiger partial charge in [0.05, 0.1) is 32.0 Å². The summed E-state index contributed by atoms with van der Waals surface area (Å²) < 4.78 is 19.6. The fourth-order valence-electron chi connectivity index (χ4n) is 5.24. The summed E-state index contributed by atoms with van der Waals surface area (Å²) in [6.07, 6.45) is 5.76. The quantitative estimate of drug-likeness (QED) is 0.178. The third kappa shape index (κ3) is 15.8. The zero-order chi connectivity index (χ0) is 33.7. The predicted octanol–water partition coefficient (Wildman–Crippen LogP) is 4.69. The van der Waals surface area contributed by atoms with Crippen LogP contribution in [0.5, 0.6) is 0 Å². The molecular formula is C30H52ClN3O10. The summed E-state index contributed by atoms with van der Waals surface area (Å²) in [5.41, 5.74) is -1.01. The van der Waals surface area contributed by atoms with Crippen LogP contribution in [0.1, 0.15) is 99.3 Å². The highest BCUT2D eigenvalue weighted by atomic mass is 35.5. The fraction of sp³-hybridized carbons (Fsp3) is 0.833. The maximum absolute atomic E-state index is 11.5. The molecule has 6 atom stereocenters. The Hall–Kier alpha value is -2.80. The molecule has 0 aromatic carbocycles. The standard InChI is InChI=1S/C12H21NO4.C11H19NO4.C7H12ClNO2/c1-12(2,3)17-11(15)13-9-6-5-8(7-9)10(14)16-4;1-11(2,3)16-10(15)12-8-5-4-7(6-8)9(13)14;1-11-7(10)5-2-3-6(4-5)9-8/h8-9H,5-7H2,1-4H3,(H,13,15);7-8H,4-6H2,1-3H3,(H,12,15)(H,13,14);5-6,9H,2-4H2,1H3/t8-,9-;7-,8-;5-,6-/m000/s1. The van der Waals surface area contributed by atoms with E-state index in [0.717, 1.165) is 32.1 Å². The molecule has 0 aromatic rings. The topological polar surface area (TPSA) is 179 Å². The average molecular weight is 650 g/mol. The van der Waals surface area contributed by atoms with Crippen molar-refractivity contribution in [2.75, 3.05) is 14.2 Å². The second-order valence-electron chi connectivity index (χ2n) is 13.4. The number of carbonyl (C=O) groups is 5. The van der Waals surface area contributed by atoms with Crippen molar-refractivity contribution in [3.63, 3.8) is 0 Å². The van der Waals surface area contributed by atoms with Gasteiger partial charge in [-0.05, 0) is 111 Å². The Balaban J connectivity index is 0.000000338. The number of carboxylic acid groups (broad SMARTS) is 1. The maximum atomic E-state index is 11.5. The Morgan fingerprint density at radius 2 is 0.955 bits per heavy atom. The molecule has 0 saturated heterocycles. The normalized spacial score (nSPS) is 26.1. The van der Waals surface area contributed by atoms with E-state index in [-0.39, 0.29) is 47.8 Å². The van der Waals surface area contributed by atoms with Gasteiger partial charge in [-0.3, -0.25) is 14.4 Å². The molecule has 3 rings (SSSR count). The number of rotatable bonds is 6. The second kappa shape index (κ2) is 18.2. The first-order valence-electron chi connectivity index (χ1n) is 15.1. The highest BCUT2D eigenvalue weighted by Crippen LogP contribution is 2.28. The van der Waals surface area contributed by atoms with Crippen molar-refractivity contribution in [3.05, 3.63) is 0 Å². The summed E-state index contributed by atoms with van der Waals surface area (Å²) in [6, 6.07) is 0.214. The van der Waals surface area contributed by atoms with Crippen LogP contribution in [0.2, 0.25) is 0 Å². The van der Waals surface area contributed by atoms with Gasteiger partial charge in [0.1, 0.15) is 11.2 Å². The van der Waals surface area contributed by atoms with Gasteiger partial charge in [0.2, 0.25) is 0 Å². The SMILES string of the molecule is CC(C)(C)OC(=O)N[C@H]1CC[C@H](C(=O)O)C1.COC(=O)[C@H]1CC[C@H](NC(=O)OC(C)(C)C)C1.COC(=O)[C@H]1CC[C@H](NCl)C1. The van der Waals surface area contributed by atoms with Crippen molar-refractivity contribution in [3.8, 4) is 0 Å². The molecule has 4 N–H and O–H groups in total. The molecule has 14 heteroatoms. The van der Waals surface area contributed by atoms with Crippen LogP contribution in [0.3, 0.4) is 0 Å². The third-order valence-corrected chi connectivity index (χ3v) is 7.62. The molecule has 0 unspecified atom stereocenters. The van der Waals surface area contributed by atoms with Gasteiger partial charge < -0.3 is 34.7 Å². The molecule has 0 heterocycles. The van der Waals surface area contributed by atoms with Gasteiger partial charge in [-0.2, -0.15) is 0 Å². The molecular weight excluding hydrogens is 598 g/mol. The lowest BCUT2D eigenvalue weighted by Gasteiger charge is -2.21. The van der Waals surface area contributed by atoms with Gasteiger partial charge in [0, 0.05) is 18.1 Å². The minimum absolute atomic E-state index is 0.00829. The minimum atomic E-state index is -0.784. The number of hydrogen-bond donors (Lipinski definition) is 4. The van der Waals surface area contributed by atoms with Crippen molar-refractivity contribution < 1.29 is 48.0 Å². The Bertz CT molecular complexity index is 966. The van der Waals surface area contributed by atoms with Crippen molar-refractivity contribution in [1.29, 1.82) is 0 Å². The van der Waals surface area contributed by atoms with E-state index in [1.165, 1.54) is 14.2 Å². The van der Waals surface area contributed by atoms with E-state index < -0.39 is 29.4 Å². The van der Waals surface area contributed by atoms with E-state index in [4.69, 9.17) is 26.4 Å². The summed E-state index contributed by atoms with van der Waals surface area (Å²) in [4.78, 5) is 58.6. The molecule has 254 valence electrons. The average Bonchev–Trinajstić information content (AvgIpc) is 3.67. The number of amides is 2. The summed E-state index contributed by atoms with van der Waals surface area (Å²) in [5.74, 6) is -1.47. The van der Waals surface area contributed by atoms with Crippen molar-refractivity contribution in [2.45, 2.75) is 129 Å².